The molecule has 4 aromatic rings. The molecule has 0 aliphatic heterocycles. The van der Waals surface area contributed by atoms with E-state index in [0.29, 0.717) is 5.16 Å². The molecule has 0 aliphatic rings. The number of hydrogen-bond acceptors (Lipinski definition) is 6. The second-order valence-electron chi connectivity index (χ2n) is 4.89. The third kappa shape index (κ3) is 2.85. The number of rotatable bonds is 4. The Kier molecular flexibility index (Phi) is 3.80. The van der Waals surface area contributed by atoms with Gasteiger partial charge in [-0.05, 0) is 47.2 Å². The second kappa shape index (κ2) is 6.10. The molecule has 0 saturated heterocycles. The number of hydrogen-bond donors (Lipinski definition) is 0. The van der Waals surface area contributed by atoms with Crippen molar-refractivity contribution in [2.24, 2.45) is 0 Å². The van der Waals surface area contributed by atoms with Gasteiger partial charge < -0.3 is 0 Å². The molecule has 0 saturated carbocycles. The molecule has 7 heteroatoms. The van der Waals surface area contributed by atoms with E-state index in [-0.39, 0.29) is 0 Å². The summed E-state index contributed by atoms with van der Waals surface area (Å²) in [5.74, 6) is 0. The predicted octanol–water partition coefficient (Wildman–Crippen LogP) is 3.99. The van der Waals surface area contributed by atoms with Crippen LogP contribution in [0.25, 0.3) is 15.9 Å². The van der Waals surface area contributed by atoms with Crippen LogP contribution >= 0.6 is 23.1 Å². The number of aromatic nitrogens is 5. The van der Waals surface area contributed by atoms with Crippen LogP contribution in [0.1, 0.15) is 12.5 Å². The number of tetrazole rings is 1. The molecule has 0 fully saturated rings. The van der Waals surface area contributed by atoms with Crippen molar-refractivity contribution in [3.05, 3.63) is 54.1 Å². The molecule has 0 amide bonds. The Morgan fingerprint density at radius 3 is 2.78 bits per heavy atom. The van der Waals surface area contributed by atoms with Gasteiger partial charge in [-0.3, -0.25) is 0 Å². The summed E-state index contributed by atoms with van der Waals surface area (Å²) in [6, 6.07) is 16.2. The third-order valence-corrected chi connectivity index (χ3v) is 5.38. The first kappa shape index (κ1) is 14.3. The minimum absolute atomic E-state index is 0.606. The van der Waals surface area contributed by atoms with Gasteiger partial charge in [-0.15, -0.1) is 26.3 Å². The molecule has 4 rings (SSSR count). The highest BCUT2D eigenvalue weighted by atomic mass is 32.2. The molecular weight excluding hydrogens is 326 g/mol. The van der Waals surface area contributed by atoms with Crippen molar-refractivity contribution in [3.63, 3.8) is 0 Å². The maximum Gasteiger partial charge on any atom is 0.238 e. The monoisotopic (exact) mass is 339 g/mol. The Bertz CT molecular complexity index is 927. The van der Waals surface area contributed by atoms with Crippen LogP contribution in [0.5, 0.6) is 0 Å². The lowest BCUT2D eigenvalue weighted by Crippen LogP contribution is -2.02. The van der Waals surface area contributed by atoms with Crippen molar-refractivity contribution < 1.29 is 0 Å². The molecule has 2 aromatic heterocycles. The van der Waals surface area contributed by atoms with Crippen molar-refractivity contribution in [3.8, 4) is 5.69 Å². The SMILES string of the molecule is CCc1ccccc1-n1nnc(Sc2nc3ccccc3s2)n1. The Hall–Kier alpha value is -2.25. The van der Waals surface area contributed by atoms with E-state index >= 15 is 0 Å². The van der Waals surface area contributed by atoms with Gasteiger partial charge in [0.25, 0.3) is 0 Å². The maximum atomic E-state index is 4.59. The molecule has 2 aromatic carbocycles. The highest BCUT2D eigenvalue weighted by molar-refractivity contribution is 8.01. The van der Waals surface area contributed by atoms with Crippen molar-refractivity contribution in [2.45, 2.75) is 22.8 Å². The quantitative estimate of drug-likeness (QED) is 0.563. The van der Waals surface area contributed by atoms with Gasteiger partial charge in [-0.25, -0.2) is 4.98 Å². The molecule has 0 spiro atoms. The first-order valence-electron chi connectivity index (χ1n) is 7.25. The molecule has 0 bridgehead atoms. The van der Waals surface area contributed by atoms with Crippen LogP contribution in [0.3, 0.4) is 0 Å². The summed E-state index contributed by atoms with van der Waals surface area (Å²) in [5.41, 5.74) is 3.17. The lowest BCUT2D eigenvalue weighted by atomic mass is 10.1. The summed E-state index contributed by atoms with van der Waals surface area (Å²) in [6.45, 7) is 2.12. The van der Waals surface area contributed by atoms with Crippen LogP contribution in [-0.4, -0.2) is 25.2 Å². The Labute approximate surface area is 141 Å². The van der Waals surface area contributed by atoms with E-state index < -0.39 is 0 Å². The van der Waals surface area contributed by atoms with Gasteiger partial charge in [0.05, 0.1) is 15.9 Å². The molecule has 5 nitrogen and oxygen atoms in total. The van der Waals surface area contributed by atoms with E-state index in [1.54, 1.807) is 16.1 Å². The van der Waals surface area contributed by atoms with Crippen molar-refractivity contribution >= 4 is 33.3 Å². The fourth-order valence-electron chi connectivity index (χ4n) is 2.32. The van der Waals surface area contributed by atoms with Crippen LogP contribution in [0.2, 0.25) is 0 Å². The van der Waals surface area contributed by atoms with Gasteiger partial charge >= 0.3 is 0 Å². The molecule has 2 heterocycles. The second-order valence-corrected chi connectivity index (χ2v) is 7.14. The Morgan fingerprint density at radius 2 is 1.91 bits per heavy atom. The van der Waals surface area contributed by atoms with Gasteiger partial charge in [0.2, 0.25) is 5.16 Å². The van der Waals surface area contributed by atoms with Gasteiger partial charge in [-0.1, -0.05) is 37.3 Å². The average molecular weight is 339 g/mol. The molecular formula is C16H13N5S2. The predicted molar refractivity (Wildman–Crippen MR) is 92.3 cm³/mol. The normalized spacial score (nSPS) is 11.2. The summed E-state index contributed by atoms with van der Waals surface area (Å²) in [4.78, 5) is 6.18. The number of aryl methyl sites for hydroxylation is 1. The molecule has 0 aliphatic carbocycles. The van der Waals surface area contributed by atoms with E-state index in [2.05, 4.69) is 39.5 Å². The first-order valence-corrected chi connectivity index (χ1v) is 8.88. The number of nitrogens with zero attached hydrogens (tertiary/aromatic N) is 5. The van der Waals surface area contributed by atoms with Crippen LogP contribution in [0, 0.1) is 0 Å². The summed E-state index contributed by atoms with van der Waals surface area (Å²) in [5, 5.41) is 13.4. The minimum atomic E-state index is 0.606. The molecule has 114 valence electrons. The van der Waals surface area contributed by atoms with E-state index in [0.717, 1.165) is 22.0 Å². The third-order valence-electron chi connectivity index (χ3n) is 3.44. The Balaban J connectivity index is 1.63. The van der Waals surface area contributed by atoms with Gasteiger partial charge in [-0.2, -0.15) is 0 Å². The van der Waals surface area contributed by atoms with E-state index in [4.69, 9.17) is 0 Å². The number of fused-ring (bicyclic) bond motifs is 1. The highest BCUT2D eigenvalue weighted by Gasteiger charge is 2.12. The molecule has 23 heavy (non-hydrogen) atoms. The zero-order valence-electron chi connectivity index (χ0n) is 12.4. The van der Waals surface area contributed by atoms with Crippen LogP contribution in [0.4, 0.5) is 0 Å². The summed E-state index contributed by atoms with van der Waals surface area (Å²) in [7, 11) is 0. The van der Waals surface area contributed by atoms with E-state index in [9.17, 15) is 0 Å². The molecule has 0 N–H and O–H groups in total. The van der Waals surface area contributed by atoms with E-state index in [1.807, 2.05) is 36.4 Å². The lowest BCUT2D eigenvalue weighted by molar-refractivity contribution is 0.709. The molecule has 0 radical (unpaired) electrons. The average Bonchev–Trinajstić information content (AvgIpc) is 3.21. The largest absolute Gasteiger partial charge is 0.238 e. The van der Waals surface area contributed by atoms with Crippen LogP contribution in [-0.2, 0) is 6.42 Å². The van der Waals surface area contributed by atoms with Gasteiger partial charge in [0.15, 0.2) is 4.34 Å². The highest BCUT2D eigenvalue weighted by Crippen LogP contribution is 2.32. The molecule has 0 atom stereocenters. The van der Waals surface area contributed by atoms with Crippen molar-refractivity contribution in [1.82, 2.24) is 25.2 Å². The molecule has 0 unspecified atom stereocenters. The lowest BCUT2D eigenvalue weighted by Gasteiger charge is -2.04. The zero-order valence-corrected chi connectivity index (χ0v) is 14.0. The first-order chi connectivity index (χ1) is 11.3. The van der Waals surface area contributed by atoms with Crippen LogP contribution < -0.4 is 0 Å². The van der Waals surface area contributed by atoms with Crippen molar-refractivity contribution in [1.29, 1.82) is 0 Å². The maximum absolute atomic E-state index is 4.59. The summed E-state index contributed by atoms with van der Waals surface area (Å²) < 4.78 is 2.09. The number of para-hydroxylation sites is 2. The summed E-state index contributed by atoms with van der Waals surface area (Å²) in [6.07, 6.45) is 0.929. The smallest absolute Gasteiger partial charge is 0.229 e. The fraction of sp³-hybridized carbons (Fsp3) is 0.125. The van der Waals surface area contributed by atoms with Gasteiger partial charge in [0.1, 0.15) is 0 Å². The number of thiazole rings is 1. The van der Waals surface area contributed by atoms with Crippen LogP contribution in [0.15, 0.2) is 58.0 Å². The summed E-state index contributed by atoms with van der Waals surface area (Å²) >= 11 is 3.08. The standard InChI is InChI=1S/C16H13N5S2/c1-2-11-7-3-5-9-13(11)21-19-15(18-20-21)23-16-17-12-8-4-6-10-14(12)22-16/h3-10H,2H2,1H3. The van der Waals surface area contributed by atoms with Crippen molar-refractivity contribution in [2.75, 3.05) is 0 Å². The fourth-order valence-corrected chi connectivity index (χ4v) is 4.17. The Morgan fingerprint density at radius 1 is 1.09 bits per heavy atom. The topological polar surface area (TPSA) is 56.5 Å². The zero-order chi connectivity index (χ0) is 15.6. The minimum Gasteiger partial charge on any atom is -0.229 e. The number of benzene rings is 2. The van der Waals surface area contributed by atoms with Gasteiger partial charge in [0, 0.05) is 0 Å². The van der Waals surface area contributed by atoms with E-state index in [1.165, 1.54) is 22.0 Å².